The Hall–Kier alpha value is -2.41. The van der Waals surface area contributed by atoms with E-state index in [0.29, 0.717) is 13.0 Å². The molecule has 0 unspecified atom stereocenters. The molecule has 1 heterocycles. The molecular weight excluding hydrogens is 296 g/mol. The number of carbonyl (C=O) groups excluding carboxylic acids is 1. The van der Waals surface area contributed by atoms with Crippen molar-refractivity contribution in [3.63, 3.8) is 0 Å². The number of aryl methyl sites for hydroxylation is 1. The number of nitrogens with one attached hydrogen (secondary N) is 1. The van der Waals surface area contributed by atoms with Gasteiger partial charge in [-0.25, -0.2) is 0 Å². The van der Waals surface area contributed by atoms with Gasteiger partial charge in [0.1, 0.15) is 5.02 Å². The fourth-order valence-electron chi connectivity index (χ4n) is 1.83. The number of hydrogen-bond donors (Lipinski definition) is 1. The summed E-state index contributed by atoms with van der Waals surface area (Å²) in [7, 11) is 1.81. The molecule has 0 radical (unpaired) electrons. The van der Waals surface area contributed by atoms with Crippen LogP contribution in [0.1, 0.15) is 16.1 Å². The number of halogens is 1. The monoisotopic (exact) mass is 308 g/mol. The second kappa shape index (κ2) is 6.36. The Labute approximate surface area is 125 Å². The molecule has 2 aromatic rings. The highest BCUT2D eigenvalue weighted by molar-refractivity contribution is 6.35. The van der Waals surface area contributed by atoms with Gasteiger partial charge in [0.05, 0.1) is 16.2 Å². The van der Waals surface area contributed by atoms with Gasteiger partial charge in [-0.15, -0.1) is 0 Å². The lowest BCUT2D eigenvalue weighted by Gasteiger charge is -2.06. The molecular formula is C13H13ClN4O3. The van der Waals surface area contributed by atoms with Crippen molar-refractivity contribution >= 4 is 23.2 Å². The van der Waals surface area contributed by atoms with Gasteiger partial charge in [-0.05, 0) is 12.1 Å². The Kier molecular flexibility index (Phi) is 4.54. The maximum atomic E-state index is 12.0. The maximum Gasteiger partial charge on any atom is 0.288 e. The molecule has 0 aliphatic heterocycles. The summed E-state index contributed by atoms with van der Waals surface area (Å²) in [5.74, 6) is -0.445. The molecule has 1 aromatic heterocycles. The SMILES string of the molecule is Cn1ccc(CCNC(=O)c2cccc([N+](=O)[O-])c2Cl)n1. The van der Waals surface area contributed by atoms with Gasteiger partial charge in [0.25, 0.3) is 11.6 Å². The zero-order chi connectivity index (χ0) is 15.4. The highest BCUT2D eigenvalue weighted by Crippen LogP contribution is 2.27. The van der Waals surface area contributed by atoms with E-state index in [2.05, 4.69) is 10.4 Å². The number of rotatable bonds is 5. The highest BCUT2D eigenvalue weighted by Gasteiger charge is 2.19. The second-order valence-corrected chi connectivity index (χ2v) is 4.76. The fraction of sp³-hybridized carbons (Fsp3) is 0.231. The van der Waals surface area contributed by atoms with Gasteiger partial charge in [0.15, 0.2) is 0 Å². The number of aromatic nitrogens is 2. The Bertz CT molecular complexity index is 684. The standard InChI is InChI=1S/C13H13ClN4O3/c1-17-8-6-9(16-17)5-7-15-13(19)10-3-2-4-11(12(10)14)18(20)21/h2-4,6,8H,5,7H2,1H3,(H,15,19). The van der Waals surface area contributed by atoms with Crippen molar-refractivity contribution in [2.45, 2.75) is 6.42 Å². The zero-order valence-electron chi connectivity index (χ0n) is 11.2. The van der Waals surface area contributed by atoms with Gasteiger partial charge in [0, 0.05) is 32.3 Å². The third-order valence-corrected chi connectivity index (χ3v) is 3.25. The molecule has 1 N–H and O–H groups in total. The highest BCUT2D eigenvalue weighted by atomic mass is 35.5. The summed E-state index contributed by atoms with van der Waals surface area (Å²) in [4.78, 5) is 22.2. The van der Waals surface area contributed by atoms with E-state index in [0.717, 1.165) is 5.69 Å². The fourth-order valence-corrected chi connectivity index (χ4v) is 2.11. The lowest BCUT2D eigenvalue weighted by molar-refractivity contribution is -0.384. The summed E-state index contributed by atoms with van der Waals surface area (Å²) in [5, 5.41) is 17.5. The van der Waals surface area contributed by atoms with E-state index in [-0.39, 0.29) is 16.3 Å². The van der Waals surface area contributed by atoms with Crippen LogP contribution in [-0.4, -0.2) is 27.2 Å². The van der Waals surface area contributed by atoms with E-state index in [1.54, 1.807) is 4.68 Å². The van der Waals surface area contributed by atoms with Gasteiger partial charge in [-0.1, -0.05) is 17.7 Å². The van der Waals surface area contributed by atoms with Crippen LogP contribution >= 0.6 is 11.6 Å². The molecule has 0 aliphatic carbocycles. The van der Waals surface area contributed by atoms with Crippen LogP contribution in [0.3, 0.4) is 0 Å². The van der Waals surface area contributed by atoms with Crippen molar-refractivity contribution in [2.75, 3.05) is 6.54 Å². The molecule has 7 nitrogen and oxygen atoms in total. The summed E-state index contributed by atoms with van der Waals surface area (Å²) < 4.78 is 1.68. The molecule has 0 bridgehead atoms. The molecule has 0 atom stereocenters. The normalized spacial score (nSPS) is 10.4. The first-order valence-corrected chi connectivity index (χ1v) is 6.56. The predicted octanol–water partition coefficient (Wildman–Crippen LogP) is 1.95. The van der Waals surface area contributed by atoms with Crippen LogP contribution in [-0.2, 0) is 13.5 Å². The van der Waals surface area contributed by atoms with E-state index in [9.17, 15) is 14.9 Å². The van der Waals surface area contributed by atoms with Crippen molar-refractivity contribution in [1.82, 2.24) is 15.1 Å². The van der Waals surface area contributed by atoms with E-state index < -0.39 is 10.8 Å². The number of carbonyl (C=O) groups is 1. The molecule has 8 heteroatoms. The zero-order valence-corrected chi connectivity index (χ0v) is 12.0. The third kappa shape index (κ3) is 3.57. The van der Waals surface area contributed by atoms with Crippen LogP contribution < -0.4 is 5.32 Å². The second-order valence-electron chi connectivity index (χ2n) is 4.38. The Balaban J connectivity index is 2.00. The van der Waals surface area contributed by atoms with Gasteiger partial charge < -0.3 is 5.32 Å². The molecule has 0 fully saturated rings. The van der Waals surface area contributed by atoms with Crippen LogP contribution in [0.5, 0.6) is 0 Å². The number of nitro groups is 1. The number of benzene rings is 1. The van der Waals surface area contributed by atoms with E-state index in [4.69, 9.17) is 11.6 Å². The van der Waals surface area contributed by atoms with Crippen LogP contribution in [0.4, 0.5) is 5.69 Å². The minimum Gasteiger partial charge on any atom is -0.352 e. The van der Waals surface area contributed by atoms with Crippen LogP contribution in [0.15, 0.2) is 30.5 Å². The number of amides is 1. The third-order valence-electron chi connectivity index (χ3n) is 2.86. The predicted molar refractivity (Wildman–Crippen MR) is 77.4 cm³/mol. The minimum absolute atomic E-state index is 0.0897. The first kappa shape index (κ1) is 15.0. The topological polar surface area (TPSA) is 90.1 Å². The Morgan fingerprint density at radius 1 is 1.48 bits per heavy atom. The number of nitrogens with zero attached hydrogens (tertiary/aromatic N) is 3. The van der Waals surface area contributed by atoms with Crippen molar-refractivity contribution in [1.29, 1.82) is 0 Å². The summed E-state index contributed by atoms with van der Waals surface area (Å²) in [6.07, 6.45) is 2.38. The van der Waals surface area contributed by atoms with Crippen molar-refractivity contribution in [3.8, 4) is 0 Å². The molecule has 1 aromatic carbocycles. The number of hydrogen-bond acceptors (Lipinski definition) is 4. The Morgan fingerprint density at radius 3 is 2.86 bits per heavy atom. The summed E-state index contributed by atoms with van der Waals surface area (Å²) in [5.41, 5.74) is 0.656. The lowest BCUT2D eigenvalue weighted by Crippen LogP contribution is -2.26. The molecule has 21 heavy (non-hydrogen) atoms. The average molecular weight is 309 g/mol. The molecule has 2 rings (SSSR count). The van der Waals surface area contributed by atoms with Gasteiger partial charge in [-0.2, -0.15) is 5.10 Å². The van der Waals surface area contributed by atoms with Crippen molar-refractivity contribution in [3.05, 3.63) is 56.9 Å². The van der Waals surface area contributed by atoms with Crippen LogP contribution in [0.25, 0.3) is 0 Å². The minimum atomic E-state index is -0.618. The maximum absolute atomic E-state index is 12.0. The van der Waals surface area contributed by atoms with Crippen LogP contribution in [0, 0.1) is 10.1 Å². The molecule has 110 valence electrons. The molecule has 0 saturated carbocycles. The largest absolute Gasteiger partial charge is 0.352 e. The van der Waals surface area contributed by atoms with Crippen LogP contribution in [0.2, 0.25) is 5.02 Å². The van der Waals surface area contributed by atoms with Gasteiger partial charge >= 0.3 is 0 Å². The molecule has 0 aliphatic rings. The first-order chi connectivity index (χ1) is 9.99. The summed E-state index contributed by atoms with van der Waals surface area (Å²) >= 11 is 5.88. The Morgan fingerprint density at radius 2 is 2.24 bits per heavy atom. The summed E-state index contributed by atoms with van der Waals surface area (Å²) in [6, 6.07) is 5.99. The smallest absolute Gasteiger partial charge is 0.288 e. The average Bonchev–Trinajstić information content (AvgIpc) is 2.84. The molecule has 0 spiro atoms. The van der Waals surface area contributed by atoms with E-state index in [1.165, 1.54) is 18.2 Å². The first-order valence-electron chi connectivity index (χ1n) is 6.18. The van der Waals surface area contributed by atoms with Gasteiger partial charge in [0.2, 0.25) is 0 Å². The van der Waals surface area contributed by atoms with Crippen molar-refractivity contribution in [2.24, 2.45) is 7.05 Å². The molecule has 0 saturated heterocycles. The van der Waals surface area contributed by atoms with Crippen molar-refractivity contribution < 1.29 is 9.72 Å². The van der Waals surface area contributed by atoms with E-state index >= 15 is 0 Å². The molecule has 1 amide bonds. The van der Waals surface area contributed by atoms with Gasteiger partial charge in [-0.3, -0.25) is 19.6 Å². The van der Waals surface area contributed by atoms with E-state index in [1.807, 2.05) is 19.3 Å². The quantitative estimate of drug-likeness (QED) is 0.675. The lowest BCUT2D eigenvalue weighted by atomic mass is 10.2. The number of nitro benzene ring substituents is 1. The summed E-state index contributed by atoms with van der Waals surface area (Å²) in [6.45, 7) is 0.370.